The molecule has 2 bridgehead atoms. The minimum absolute atomic E-state index is 0.0351. The minimum atomic E-state index is -1.13. The Morgan fingerprint density at radius 3 is 2.52 bits per heavy atom. The Labute approximate surface area is 157 Å². The zero-order valence-electron chi connectivity index (χ0n) is 15.9. The van der Waals surface area contributed by atoms with E-state index >= 15 is 0 Å². The van der Waals surface area contributed by atoms with E-state index in [1.54, 1.807) is 0 Å². The number of ether oxygens (including phenoxy) is 4. The molecule has 2 heterocycles. The topological polar surface area (TPSA) is 115 Å². The average Bonchev–Trinajstić information content (AvgIpc) is 3.37. The summed E-state index contributed by atoms with van der Waals surface area (Å²) in [7, 11) is 0. The normalized spacial score (nSPS) is 50.0. The molecule has 27 heavy (non-hydrogen) atoms. The molecular weight excluding hydrogens is 356 g/mol. The van der Waals surface area contributed by atoms with Crippen LogP contribution in [0.15, 0.2) is 11.6 Å². The first-order valence-corrected chi connectivity index (χ1v) is 9.23. The Hall–Kier alpha value is -1.48. The van der Waals surface area contributed by atoms with Crippen molar-refractivity contribution in [2.75, 3.05) is 13.2 Å². The van der Waals surface area contributed by atoms with Crippen LogP contribution < -0.4 is 0 Å². The number of rotatable bonds is 3. The highest BCUT2D eigenvalue weighted by Crippen LogP contribution is 2.71. The maximum Gasteiger partial charge on any atom is 0.303 e. The van der Waals surface area contributed by atoms with Gasteiger partial charge in [-0.15, -0.1) is 0 Å². The number of carbonyl (C=O) groups excluding carboxylic acids is 2. The molecule has 1 saturated carbocycles. The molecular formula is C19H26O8. The first-order valence-electron chi connectivity index (χ1n) is 9.23. The number of carbonyl (C=O) groups is 2. The fourth-order valence-electron chi connectivity index (χ4n) is 5.58. The number of hydrogen-bond acceptors (Lipinski definition) is 8. The van der Waals surface area contributed by atoms with Crippen LogP contribution in [0, 0.1) is 10.8 Å². The number of fused-ring (bicyclic) bond motifs is 2. The minimum Gasteiger partial charge on any atom is -0.465 e. The standard InChI is InChI=1S/C19H26O8/c1-9-5-13-18(7-24-10(2)20,6-12(9)26-11(3)21)17(4)15(23)14(22)16(27-13)19(17)8-25-19/h5,12-16,22-23H,6-8H2,1-4H3/t12-,13+,14+,15+,16+,17+,18+,19-/m0/s1. The van der Waals surface area contributed by atoms with Crippen molar-refractivity contribution in [2.24, 2.45) is 10.8 Å². The van der Waals surface area contributed by atoms with Crippen molar-refractivity contribution in [2.45, 2.75) is 70.2 Å². The van der Waals surface area contributed by atoms with E-state index in [-0.39, 0.29) is 6.61 Å². The largest absolute Gasteiger partial charge is 0.465 e. The SMILES string of the molecule is CC(=O)OC[C@]12C[C@H](OC(C)=O)C(C)=C[C@H]1O[C@@H]1[C@H](O)[C@@H](O)[C@@]2(C)[C@]12CO2. The Morgan fingerprint density at radius 1 is 1.30 bits per heavy atom. The van der Waals surface area contributed by atoms with Crippen LogP contribution in [0.5, 0.6) is 0 Å². The third-order valence-electron chi connectivity index (χ3n) is 7.20. The molecule has 4 rings (SSSR count). The Balaban J connectivity index is 1.84. The van der Waals surface area contributed by atoms with Gasteiger partial charge in [0.25, 0.3) is 0 Å². The summed E-state index contributed by atoms with van der Waals surface area (Å²) in [6, 6.07) is 0. The summed E-state index contributed by atoms with van der Waals surface area (Å²) < 4.78 is 22.9. The highest BCUT2D eigenvalue weighted by atomic mass is 16.6. The van der Waals surface area contributed by atoms with Crippen LogP contribution in [0.2, 0.25) is 0 Å². The van der Waals surface area contributed by atoms with Crippen molar-refractivity contribution in [3.05, 3.63) is 11.6 Å². The van der Waals surface area contributed by atoms with Gasteiger partial charge in [0.2, 0.25) is 0 Å². The molecule has 0 aromatic heterocycles. The van der Waals surface area contributed by atoms with Gasteiger partial charge in [0.1, 0.15) is 30.5 Å². The molecule has 3 fully saturated rings. The number of hydrogen-bond donors (Lipinski definition) is 2. The molecule has 4 aliphatic rings. The van der Waals surface area contributed by atoms with Gasteiger partial charge in [-0.2, -0.15) is 0 Å². The van der Waals surface area contributed by atoms with E-state index in [9.17, 15) is 19.8 Å². The molecule has 0 unspecified atom stereocenters. The Morgan fingerprint density at radius 2 is 1.96 bits per heavy atom. The molecule has 2 aliphatic heterocycles. The summed E-state index contributed by atoms with van der Waals surface area (Å²) in [6.45, 7) is 6.67. The molecule has 0 amide bonds. The molecule has 2 aliphatic carbocycles. The molecule has 8 atom stereocenters. The first-order chi connectivity index (χ1) is 12.6. The molecule has 2 saturated heterocycles. The lowest BCUT2D eigenvalue weighted by atomic mass is 9.51. The molecule has 2 N–H and O–H groups in total. The smallest absolute Gasteiger partial charge is 0.303 e. The predicted octanol–water partition coefficient (Wildman–Crippen LogP) is 0.0957. The van der Waals surface area contributed by atoms with E-state index in [0.717, 1.165) is 5.57 Å². The monoisotopic (exact) mass is 382 g/mol. The van der Waals surface area contributed by atoms with Crippen LogP contribution in [-0.4, -0.2) is 71.5 Å². The van der Waals surface area contributed by atoms with Crippen LogP contribution >= 0.6 is 0 Å². The highest BCUT2D eigenvalue weighted by molar-refractivity contribution is 5.67. The van der Waals surface area contributed by atoms with Crippen molar-refractivity contribution in [3.63, 3.8) is 0 Å². The number of aliphatic hydroxyl groups excluding tert-OH is 2. The van der Waals surface area contributed by atoms with E-state index in [0.29, 0.717) is 13.0 Å². The van der Waals surface area contributed by atoms with Gasteiger partial charge in [-0.25, -0.2) is 0 Å². The number of aliphatic hydroxyl groups is 2. The number of epoxide rings is 1. The van der Waals surface area contributed by atoms with E-state index in [4.69, 9.17) is 18.9 Å². The Kier molecular flexibility index (Phi) is 4.03. The van der Waals surface area contributed by atoms with Gasteiger partial charge >= 0.3 is 11.9 Å². The molecule has 0 aromatic carbocycles. The van der Waals surface area contributed by atoms with Crippen LogP contribution in [0.4, 0.5) is 0 Å². The van der Waals surface area contributed by atoms with Gasteiger partial charge in [0.15, 0.2) is 0 Å². The van der Waals surface area contributed by atoms with Gasteiger partial charge in [-0.3, -0.25) is 9.59 Å². The fraction of sp³-hybridized carbons (Fsp3) is 0.789. The molecule has 150 valence electrons. The van der Waals surface area contributed by atoms with E-state index in [1.165, 1.54) is 13.8 Å². The molecule has 1 spiro atoms. The second kappa shape index (κ2) is 5.76. The molecule has 0 radical (unpaired) electrons. The second-order valence-corrected chi connectivity index (χ2v) is 8.44. The first kappa shape index (κ1) is 18.9. The lowest BCUT2D eigenvalue weighted by molar-refractivity contribution is -0.238. The van der Waals surface area contributed by atoms with Gasteiger partial charge in [-0.05, 0) is 12.5 Å². The van der Waals surface area contributed by atoms with Crippen molar-refractivity contribution in [1.82, 2.24) is 0 Å². The summed E-state index contributed by atoms with van der Waals surface area (Å²) in [5.74, 6) is -0.874. The van der Waals surface area contributed by atoms with Crippen LogP contribution in [0.1, 0.15) is 34.1 Å². The van der Waals surface area contributed by atoms with E-state index < -0.39 is 58.9 Å². The van der Waals surface area contributed by atoms with E-state index in [1.807, 2.05) is 19.9 Å². The molecule has 8 heteroatoms. The van der Waals surface area contributed by atoms with Crippen molar-refractivity contribution in [1.29, 1.82) is 0 Å². The maximum atomic E-state index is 11.6. The lowest BCUT2D eigenvalue weighted by Crippen LogP contribution is -2.67. The average molecular weight is 382 g/mol. The number of esters is 2. The zero-order chi connectivity index (χ0) is 19.8. The second-order valence-electron chi connectivity index (χ2n) is 8.44. The van der Waals surface area contributed by atoms with Crippen LogP contribution in [-0.2, 0) is 28.5 Å². The molecule has 8 nitrogen and oxygen atoms in total. The van der Waals surface area contributed by atoms with Gasteiger partial charge in [0, 0.05) is 31.1 Å². The summed E-state index contributed by atoms with van der Waals surface area (Å²) in [4.78, 5) is 23.2. The van der Waals surface area contributed by atoms with Crippen molar-refractivity contribution < 1.29 is 38.7 Å². The zero-order valence-corrected chi connectivity index (χ0v) is 15.9. The van der Waals surface area contributed by atoms with Gasteiger partial charge in [0.05, 0.1) is 18.8 Å². The lowest BCUT2D eigenvalue weighted by Gasteiger charge is -2.58. The van der Waals surface area contributed by atoms with Crippen molar-refractivity contribution >= 4 is 11.9 Å². The summed E-state index contributed by atoms with van der Waals surface area (Å²) in [6.07, 6.45) is -1.81. The van der Waals surface area contributed by atoms with E-state index in [2.05, 4.69) is 0 Å². The highest BCUT2D eigenvalue weighted by Gasteiger charge is 2.85. The quantitative estimate of drug-likeness (QED) is 0.401. The van der Waals surface area contributed by atoms with Gasteiger partial charge < -0.3 is 29.2 Å². The van der Waals surface area contributed by atoms with Crippen molar-refractivity contribution in [3.8, 4) is 0 Å². The summed E-state index contributed by atoms with van der Waals surface area (Å²) in [5, 5.41) is 21.7. The fourth-order valence-corrected chi connectivity index (χ4v) is 5.58. The maximum absolute atomic E-state index is 11.6. The predicted molar refractivity (Wildman–Crippen MR) is 90.5 cm³/mol. The third-order valence-corrected chi connectivity index (χ3v) is 7.20. The summed E-state index contributed by atoms with van der Waals surface area (Å²) in [5.41, 5.74) is -1.88. The molecule has 0 aromatic rings. The summed E-state index contributed by atoms with van der Waals surface area (Å²) >= 11 is 0. The Bertz CT molecular complexity index is 712. The third kappa shape index (κ3) is 2.24. The van der Waals surface area contributed by atoms with Crippen LogP contribution in [0.3, 0.4) is 0 Å². The van der Waals surface area contributed by atoms with Crippen LogP contribution in [0.25, 0.3) is 0 Å². The van der Waals surface area contributed by atoms with Gasteiger partial charge in [-0.1, -0.05) is 13.0 Å².